The lowest BCUT2D eigenvalue weighted by molar-refractivity contribution is -0.142. The molecule has 11 heteroatoms. The minimum absolute atomic E-state index is 0.00587. The summed E-state index contributed by atoms with van der Waals surface area (Å²) in [5, 5.41) is 20.4. The number of aliphatic carboxylic acids is 1. The first-order chi connectivity index (χ1) is 19.5. The highest BCUT2D eigenvalue weighted by Gasteiger charge is 2.33. The van der Waals surface area contributed by atoms with Crippen LogP contribution in [0.1, 0.15) is 73.8 Å². The zero-order valence-corrected chi connectivity index (χ0v) is 26.3. The Labute approximate surface area is 250 Å². The molecule has 42 heavy (non-hydrogen) atoms. The van der Waals surface area contributed by atoms with Crippen LogP contribution in [0.15, 0.2) is 30.3 Å². The van der Waals surface area contributed by atoms with Crippen molar-refractivity contribution < 1.29 is 29.1 Å². The standard InChI is InChI=1S/C31H51N5O6/c1-17(2)14-22(34-30(40)26(20(7)8)36-29(39)25(32)19(5)6)27(37)33-23(16-21-12-10-9-11-13-21)28(38)35-24(31(41)42)15-18(3)4/h9-13,17-20,22-26H,14-16,32H2,1-8H3,(H,33,37)(H,34,40)(H,35,38)(H,36,39)(H,41,42)/t22-,23-,24-,25-,26-/m0/s1. The number of nitrogens with two attached hydrogens (primary N) is 1. The van der Waals surface area contributed by atoms with Gasteiger partial charge in [0, 0.05) is 6.42 Å². The molecular weight excluding hydrogens is 538 g/mol. The van der Waals surface area contributed by atoms with Crippen LogP contribution in [-0.2, 0) is 30.4 Å². The first kappa shape index (κ1) is 36.6. The maximum Gasteiger partial charge on any atom is 0.326 e. The monoisotopic (exact) mass is 589 g/mol. The quantitative estimate of drug-likeness (QED) is 0.161. The fourth-order valence-corrected chi connectivity index (χ4v) is 4.35. The summed E-state index contributed by atoms with van der Waals surface area (Å²) in [6.45, 7) is 14.7. The van der Waals surface area contributed by atoms with E-state index < -0.39 is 59.8 Å². The van der Waals surface area contributed by atoms with Crippen molar-refractivity contribution in [2.75, 3.05) is 0 Å². The van der Waals surface area contributed by atoms with Crippen LogP contribution in [0.25, 0.3) is 0 Å². The summed E-state index contributed by atoms with van der Waals surface area (Å²) in [5.41, 5.74) is 6.73. The third-order valence-corrected chi connectivity index (χ3v) is 6.85. The normalized spacial score (nSPS) is 15.1. The van der Waals surface area contributed by atoms with Crippen LogP contribution in [0.4, 0.5) is 0 Å². The summed E-state index contributed by atoms with van der Waals surface area (Å²) in [7, 11) is 0. The molecule has 1 rings (SSSR count). The van der Waals surface area contributed by atoms with Crippen LogP contribution in [0.3, 0.4) is 0 Å². The fraction of sp³-hybridized carbons (Fsp3) is 0.645. The zero-order chi connectivity index (χ0) is 32.1. The third-order valence-electron chi connectivity index (χ3n) is 6.85. The Morgan fingerprint density at radius 1 is 0.643 bits per heavy atom. The van der Waals surface area contributed by atoms with Gasteiger partial charge in [-0.2, -0.15) is 0 Å². The van der Waals surface area contributed by atoms with E-state index in [-0.39, 0.29) is 42.9 Å². The van der Waals surface area contributed by atoms with Crippen molar-refractivity contribution in [2.24, 2.45) is 29.4 Å². The average Bonchev–Trinajstić information content (AvgIpc) is 2.89. The van der Waals surface area contributed by atoms with Crippen molar-refractivity contribution >= 4 is 29.6 Å². The Hall–Kier alpha value is -3.47. The van der Waals surface area contributed by atoms with E-state index in [1.807, 2.05) is 33.8 Å². The average molecular weight is 590 g/mol. The molecule has 0 saturated carbocycles. The third kappa shape index (κ3) is 12.6. The molecule has 4 amide bonds. The van der Waals surface area contributed by atoms with E-state index in [0.29, 0.717) is 0 Å². The van der Waals surface area contributed by atoms with Crippen LogP contribution < -0.4 is 27.0 Å². The second kappa shape index (κ2) is 17.5. The van der Waals surface area contributed by atoms with E-state index in [9.17, 15) is 29.1 Å². The molecule has 0 aromatic heterocycles. The second-order valence-electron chi connectivity index (χ2n) is 12.5. The molecule has 0 fully saturated rings. The van der Waals surface area contributed by atoms with Gasteiger partial charge in [-0.1, -0.05) is 85.7 Å². The van der Waals surface area contributed by atoms with E-state index >= 15 is 0 Å². The van der Waals surface area contributed by atoms with Gasteiger partial charge in [-0.3, -0.25) is 19.2 Å². The van der Waals surface area contributed by atoms with Crippen LogP contribution in [0.2, 0.25) is 0 Å². The number of hydrogen-bond donors (Lipinski definition) is 6. The van der Waals surface area contributed by atoms with Gasteiger partial charge >= 0.3 is 5.97 Å². The minimum atomic E-state index is -1.16. The largest absolute Gasteiger partial charge is 0.480 e. The molecule has 0 heterocycles. The zero-order valence-electron chi connectivity index (χ0n) is 26.3. The van der Waals surface area contributed by atoms with Crippen molar-refractivity contribution in [1.29, 1.82) is 0 Å². The fourth-order valence-electron chi connectivity index (χ4n) is 4.35. The van der Waals surface area contributed by atoms with E-state index in [0.717, 1.165) is 5.56 Å². The predicted molar refractivity (Wildman–Crippen MR) is 162 cm³/mol. The van der Waals surface area contributed by atoms with Crippen molar-refractivity contribution in [3.8, 4) is 0 Å². The Morgan fingerprint density at radius 2 is 1.12 bits per heavy atom. The summed E-state index contributed by atoms with van der Waals surface area (Å²) < 4.78 is 0. The number of carboxylic acids is 1. The molecule has 0 unspecified atom stereocenters. The number of amides is 4. The molecule has 236 valence electrons. The lowest BCUT2D eigenvalue weighted by Gasteiger charge is -2.29. The molecule has 11 nitrogen and oxygen atoms in total. The number of carbonyl (C=O) groups is 5. The number of hydrogen-bond acceptors (Lipinski definition) is 6. The SMILES string of the molecule is CC(C)C[C@H](NC(=O)[C@H](Cc1ccccc1)NC(=O)[C@H](CC(C)C)NC(=O)[C@@H](NC(=O)[C@@H](N)C(C)C)C(C)C)C(=O)O. The minimum Gasteiger partial charge on any atom is -0.480 e. The molecular formula is C31H51N5O6. The molecule has 0 aliphatic carbocycles. The highest BCUT2D eigenvalue weighted by atomic mass is 16.4. The van der Waals surface area contributed by atoms with Gasteiger partial charge in [0.1, 0.15) is 24.2 Å². The maximum atomic E-state index is 13.6. The van der Waals surface area contributed by atoms with Gasteiger partial charge in [-0.15, -0.1) is 0 Å². The maximum absolute atomic E-state index is 13.6. The molecule has 0 spiro atoms. The van der Waals surface area contributed by atoms with E-state index in [1.54, 1.807) is 52.0 Å². The number of benzene rings is 1. The molecule has 0 saturated heterocycles. The summed E-state index contributed by atoms with van der Waals surface area (Å²) in [4.78, 5) is 64.7. The molecule has 7 N–H and O–H groups in total. The lowest BCUT2D eigenvalue weighted by atomic mass is 9.98. The Bertz CT molecular complexity index is 1040. The first-order valence-corrected chi connectivity index (χ1v) is 14.8. The van der Waals surface area contributed by atoms with Crippen molar-refractivity contribution in [3.05, 3.63) is 35.9 Å². The highest BCUT2D eigenvalue weighted by Crippen LogP contribution is 2.12. The van der Waals surface area contributed by atoms with E-state index in [1.165, 1.54) is 0 Å². The Morgan fingerprint density at radius 3 is 1.60 bits per heavy atom. The second-order valence-corrected chi connectivity index (χ2v) is 12.5. The van der Waals surface area contributed by atoms with E-state index in [2.05, 4.69) is 21.3 Å². The van der Waals surface area contributed by atoms with Crippen LogP contribution >= 0.6 is 0 Å². The van der Waals surface area contributed by atoms with Gasteiger partial charge in [0.15, 0.2) is 0 Å². The summed E-state index contributed by atoms with van der Waals surface area (Å²) in [6, 6.07) is 4.10. The molecule has 0 aliphatic heterocycles. The van der Waals surface area contributed by atoms with Crippen molar-refractivity contribution in [3.63, 3.8) is 0 Å². The smallest absolute Gasteiger partial charge is 0.326 e. The van der Waals surface area contributed by atoms with Crippen molar-refractivity contribution in [2.45, 2.75) is 105 Å². The topological polar surface area (TPSA) is 180 Å². The van der Waals surface area contributed by atoms with Crippen molar-refractivity contribution in [1.82, 2.24) is 21.3 Å². The number of nitrogens with one attached hydrogen (secondary N) is 4. The summed E-state index contributed by atoms with van der Waals surface area (Å²) >= 11 is 0. The number of rotatable bonds is 17. The van der Waals surface area contributed by atoms with Gasteiger partial charge in [0.05, 0.1) is 6.04 Å². The van der Waals surface area contributed by atoms with Gasteiger partial charge in [-0.05, 0) is 42.1 Å². The van der Waals surface area contributed by atoms with Gasteiger partial charge in [0.2, 0.25) is 23.6 Å². The first-order valence-electron chi connectivity index (χ1n) is 14.8. The number of carboxylic acid groups (broad SMARTS) is 1. The van der Waals surface area contributed by atoms with Crippen LogP contribution in [0.5, 0.6) is 0 Å². The highest BCUT2D eigenvalue weighted by molar-refractivity contribution is 5.95. The molecule has 5 atom stereocenters. The van der Waals surface area contributed by atoms with Gasteiger partial charge < -0.3 is 32.1 Å². The molecule has 0 bridgehead atoms. The molecule has 1 aromatic rings. The number of carbonyl (C=O) groups excluding carboxylic acids is 4. The van der Waals surface area contributed by atoms with E-state index in [4.69, 9.17) is 5.73 Å². The van der Waals surface area contributed by atoms with Gasteiger partial charge in [0.25, 0.3) is 0 Å². The lowest BCUT2D eigenvalue weighted by Crippen LogP contribution is -2.60. The van der Waals surface area contributed by atoms with Crippen LogP contribution in [0, 0.1) is 23.7 Å². The Balaban J connectivity index is 3.22. The Kier molecular flexibility index (Phi) is 15.2. The molecule has 0 aliphatic rings. The predicted octanol–water partition coefficient (Wildman–Crippen LogP) is 1.98. The summed E-state index contributed by atoms with van der Waals surface area (Å²) in [5.74, 6) is -3.78. The van der Waals surface area contributed by atoms with Gasteiger partial charge in [-0.25, -0.2) is 4.79 Å². The molecule has 1 aromatic carbocycles. The molecule has 0 radical (unpaired) electrons. The summed E-state index contributed by atoms with van der Waals surface area (Å²) in [6.07, 6.45) is 0.612. The van der Waals surface area contributed by atoms with Crippen LogP contribution in [-0.4, -0.2) is 64.9 Å².